The van der Waals surface area contributed by atoms with Gasteiger partial charge in [0.25, 0.3) is 0 Å². The van der Waals surface area contributed by atoms with Crippen molar-refractivity contribution in [2.75, 3.05) is 48.5 Å². The molecule has 0 saturated carbocycles. The molecule has 1 fully saturated rings. The first-order chi connectivity index (χ1) is 26.4. The van der Waals surface area contributed by atoms with Crippen LogP contribution in [0.2, 0.25) is 0 Å². The van der Waals surface area contributed by atoms with Gasteiger partial charge in [0.1, 0.15) is 18.7 Å². The Morgan fingerprint density at radius 2 is 1.57 bits per heavy atom. The van der Waals surface area contributed by atoms with E-state index in [2.05, 4.69) is 17.2 Å². The number of amides is 4. The van der Waals surface area contributed by atoms with Crippen molar-refractivity contribution in [1.82, 2.24) is 25.3 Å². The number of likely N-dealkylation sites (N-methyl/N-ethyl adjacent to an activating group) is 2. The number of nitrogens with zero attached hydrogens (tertiary/aromatic N) is 3. The molecule has 316 valence electrons. The van der Waals surface area contributed by atoms with Crippen LogP contribution in [0.15, 0.2) is 43.0 Å². The largest absolute Gasteiger partial charge is 0.460 e. The molecule has 2 rings (SSSR count). The Balaban J connectivity index is 2.30. The van der Waals surface area contributed by atoms with Crippen LogP contribution in [0.4, 0.5) is 0 Å². The summed E-state index contributed by atoms with van der Waals surface area (Å²) in [6.45, 7) is 17.7. The zero-order valence-corrected chi connectivity index (χ0v) is 36.1. The predicted molar refractivity (Wildman–Crippen MR) is 218 cm³/mol. The molecule has 1 heterocycles. The zero-order chi connectivity index (χ0) is 42.3. The van der Waals surface area contributed by atoms with Crippen LogP contribution in [0.3, 0.4) is 0 Å². The van der Waals surface area contributed by atoms with Crippen LogP contribution >= 0.6 is 0 Å². The predicted octanol–water partition coefficient (Wildman–Crippen LogP) is 4.09. The second-order valence-corrected chi connectivity index (χ2v) is 16.1. The molecular formula is C43H71N5O8. The highest BCUT2D eigenvalue weighted by Crippen LogP contribution is 2.30. The average molecular weight is 786 g/mol. The second-order valence-electron chi connectivity index (χ2n) is 16.1. The van der Waals surface area contributed by atoms with E-state index in [0.29, 0.717) is 13.0 Å². The summed E-state index contributed by atoms with van der Waals surface area (Å²) in [4.78, 5) is 74.0. The van der Waals surface area contributed by atoms with Gasteiger partial charge < -0.3 is 34.6 Å². The maximum absolute atomic E-state index is 14.3. The summed E-state index contributed by atoms with van der Waals surface area (Å²) in [6.07, 6.45) is 2.48. The Kier molecular flexibility index (Phi) is 20.2. The topological polar surface area (TPSA) is 147 Å². The fourth-order valence-electron chi connectivity index (χ4n) is 8.00. The van der Waals surface area contributed by atoms with Gasteiger partial charge >= 0.3 is 5.97 Å². The second kappa shape index (κ2) is 23.4. The van der Waals surface area contributed by atoms with Crippen molar-refractivity contribution in [1.29, 1.82) is 0 Å². The Morgan fingerprint density at radius 3 is 2.09 bits per heavy atom. The fraction of sp³-hybridized carbons (Fsp3) is 0.698. The molecular weight excluding hydrogens is 714 g/mol. The van der Waals surface area contributed by atoms with Gasteiger partial charge in [-0.1, -0.05) is 97.9 Å². The molecule has 9 atom stereocenters. The van der Waals surface area contributed by atoms with E-state index >= 15 is 0 Å². The van der Waals surface area contributed by atoms with Gasteiger partial charge in [0.2, 0.25) is 23.6 Å². The Hall–Kier alpha value is -3.81. The summed E-state index contributed by atoms with van der Waals surface area (Å²) in [5.41, 5.74) is 0.862. The lowest BCUT2D eigenvalue weighted by molar-refractivity contribution is -0.149. The number of esters is 1. The normalized spacial score (nSPS) is 18.7. The van der Waals surface area contributed by atoms with Gasteiger partial charge in [0.15, 0.2) is 0 Å². The van der Waals surface area contributed by atoms with Crippen LogP contribution in [0.5, 0.6) is 0 Å². The molecule has 0 spiro atoms. The molecule has 2 N–H and O–H groups in total. The van der Waals surface area contributed by atoms with Gasteiger partial charge in [-0.05, 0) is 50.3 Å². The molecule has 0 unspecified atom stereocenters. The SMILES string of the molecule is C=CCOC(=O)[C@H](Cc1ccccc1)NC(=O)[C@H](C)[C@@H](OC)[C@@H]1CCCN1C(=O)C[C@@H](OC)[C@H]([C@@H](C)CC)N(C)C(=O)[C@@H](NC(=O)[C@H](C(C)C)N(C)C)C(C)C. The molecule has 13 nitrogen and oxygen atoms in total. The average Bonchev–Trinajstić information content (AvgIpc) is 3.64. The van der Waals surface area contributed by atoms with Crippen molar-refractivity contribution in [3.8, 4) is 0 Å². The molecule has 1 aliphatic rings. The smallest absolute Gasteiger partial charge is 0.329 e. The van der Waals surface area contributed by atoms with Crippen molar-refractivity contribution >= 4 is 29.6 Å². The molecule has 0 aromatic heterocycles. The van der Waals surface area contributed by atoms with E-state index in [1.807, 2.05) is 90.9 Å². The molecule has 13 heteroatoms. The van der Waals surface area contributed by atoms with Gasteiger partial charge in [-0.3, -0.25) is 24.1 Å². The molecule has 1 aromatic rings. The first kappa shape index (κ1) is 48.3. The highest BCUT2D eigenvalue weighted by Gasteiger charge is 2.43. The van der Waals surface area contributed by atoms with Gasteiger partial charge in [0, 0.05) is 34.2 Å². The van der Waals surface area contributed by atoms with Crippen LogP contribution in [0, 0.1) is 23.7 Å². The number of benzene rings is 1. The van der Waals surface area contributed by atoms with Crippen molar-refractivity contribution in [2.45, 2.75) is 123 Å². The summed E-state index contributed by atoms with van der Waals surface area (Å²) < 4.78 is 17.3. The zero-order valence-electron chi connectivity index (χ0n) is 36.1. The third-order valence-corrected chi connectivity index (χ3v) is 11.2. The maximum Gasteiger partial charge on any atom is 0.329 e. The number of rotatable bonds is 23. The molecule has 4 amide bonds. The first-order valence-electron chi connectivity index (χ1n) is 20.2. The van der Waals surface area contributed by atoms with E-state index in [0.717, 1.165) is 18.4 Å². The van der Waals surface area contributed by atoms with Gasteiger partial charge in [0.05, 0.1) is 42.7 Å². The van der Waals surface area contributed by atoms with Crippen molar-refractivity contribution in [3.05, 3.63) is 48.6 Å². The van der Waals surface area contributed by atoms with Crippen molar-refractivity contribution in [3.63, 3.8) is 0 Å². The third-order valence-electron chi connectivity index (χ3n) is 11.2. The van der Waals surface area contributed by atoms with E-state index < -0.39 is 60.2 Å². The summed E-state index contributed by atoms with van der Waals surface area (Å²) in [7, 11) is 8.50. The van der Waals surface area contributed by atoms with Crippen LogP contribution in [-0.2, 0) is 44.6 Å². The monoisotopic (exact) mass is 786 g/mol. The van der Waals surface area contributed by atoms with Crippen molar-refractivity contribution in [2.24, 2.45) is 23.7 Å². The highest BCUT2D eigenvalue weighted by molar-refractivity contribution is 5.90. The van der Waals surface area contributed by atoms with E-state index in [4.69, 9.17) is 14.2 Å². The summed E-state index contributed by atoms with van der Waals surface area (Å²) in [5, 5.41) is 5.92. The van der Waals surface area contributed by atoms with E-state index in [1.165, 1.54) is 13.2 Å². The number of ether oxygens (including phenoxy) is 3. The molecule has 1 aliphatic heterocycles. The highest BCUT2D eigenvalue weighted by atomic mass is 16.5. The standard InChI is InChI=1S/C43H71N5O8/c1-14-24-56-43(53)32(25-31-20-17-16-18-21-31)44-40(50)30(8)39(55-13)33-22-19-23-48(33)35(49)26-34(54-12)38(29(7)15-2)47(11)42(52)36(27(3)4)45-41(51)37(28(5)6)46(9)10/h14,16-18,20-21,27-30,32-34,36-39H,1,15,19,22-26H2,2-13H3,(H,44,50)(H,45,51)/t29-,30+,32-,33-,34+,36-,37-,38-,39+/m0/s1. The van der Waals surface area contributed by atoms with Gasteiger partial charge in [-0.2, -0.15) is 0 Å². The number of nitrogens with one attached hydrogen (secondary N) is 2. The first-order valence-corrected chi connectivity index (χ1v) is 20.2. The van der Waals surface area contributed by atoms with Gasteiger partial charge in [-0.15, -0.1) is 0 Å². The number of methoxy groups -OCH3 is 2. The molecule has 56 heavy (non-hydrogen) atoms. The van der Waals surface area contributed by atoms with Gasteiger partial charge in [-0.25, -0.2) is 4.79 Å². The lowest BCUT2D eigenvalue weighted by Gasteiger charge is -2.41. The molecule has 0 radical (unpaired) electrons. The lowest BCUT2D eigenvalue weighted by Crippen LogP contribution is -2.59. The van der Waals surface area contributed by atoms with Crippen LogP contribution < -0.4 is 10.6 Å². The Bertz CT molecular complexity index is 1410. The number of carbonyl (C=O) groups is 5. The van der Waals surface area contributed by atoms with Crippen LogP contribution in [-0.4, -0.2) is 135 Å². The van der Waals surface area contributed by atoms with Crippen molar-refractivity contribution < 1.29 is 38.2 Å². The third kappa shape index (κ3) is 13.1. The lowest BCUT2D eigenvalue weighted by atomic mass is 9.89. The summed E-state index contributed by atoms with van der Waals surface area (Å²) >= 11 is 0. The number of hydrogen-bond acceptors (Lipinski definition) is 9. The molecule has 0 bridgehead atoms. The van der Waals surface area contributed by atoms with Crippen LogP contribution in [0.25, 0.3) is 0 Å². The number of likely N-dealkylation sites (tertiary alicyclic amines) is 1. The maximum atomic E-state index is 14.3. The van der Waals surface area contributed by atoms with Crippen LogP contribution in [0.1, 0.15) is 79.7 Å². The van der Waals surface area contributed by atoms with E-state index in [1.54, 1.807) is 30.9 Å². The minimum Gasteiger partial charge on any atom is -0.460 e. The number of hydrogen-bond donors (Lipinski definition) is 2. The number of carbonyl (C=O) groups excluding carboxylic acids is 5. The minimum atomic E-state index is -0.931. The molecule has 1 aromatic carbocycles. The summed E-state index contributed by atoms with van der Waals surface area (Å²) in [5.74, 6) is -2.49. The van der Waals surface area contributed by atoms with E-state index in [-0.39, 0.29) is 54.9 Å². The quantitative estimate of drug-likeness (QED) is 0.124. The summed E-state index contributed by atoms with van der Waals surface area (Å²) in [6, 6.07) is 6.38. The van der Waals surface area contributed by atoms with E-state index in [9.17, 15) is 24.0 Å². The molecule has 1 saturated heterocycles. The molecule has 0 aliphatic carbocycles. The Morgan fingerprint density at radius 1 is 0.929 bits per heavy atom. The fourth-order valence-corrected chi connectivity index (χ4v) is 8.00. The minimum absolute atomic E-state index is 0.000308. The Labute approximate surface area is 336 Å².